The summed E-state index contributed by atoms with van der Waals surface area (Å²) in [4.78, 5) is 16.4. The molecule has 0 unspecified atom stereocenters. The van der Waals surface area contributed by atoms with Gasteiger partial charge >= 0.3 is 5.97 Å². The molecule has 0 bridgehead atoms. The maximum Gasteiger partial charge on any atom is 0.342 e. The molecule has 0 aliphatic heterocycles. The molecule has 5 nitrogen and oxygen atoms in total. The summed E-state index contributed by atoms with van der Waals surface area (Å²) in [6.07, 6.45) is 1.69. The van der Waals surface area contributed by atoms with Gasteiger partial charge in [0.2, 0.25) is 0 Å². The van der Waals surface area contributed by atoms with Crippen molar-refractivity contribution in [2.45, 2.75) is 25.2 Å². The molecule has 146 valence electrons. The summed E-state index contributed by atoms with van der Waals surface area (Å²) in [5.74, 6) is -0.264. The van der Waals surface area contributed by atoms with Gasteiger partial charge < -0.3 is 14.3 Å². The molecule has 29 heavy (non-hydrogen) atoms. The highest BCUT2D eigenvalue weighted by atomic mass is 32.2. The lowest BCUT2D eigenvalue weighted by molar-refractivity contribution is -0.131. The Kier molecular flexibility index (Phi) is 5.27. The number of oxazole rings is 1. The molecule has 0 atom stereocenters. The lowest BCUT2D eigenvalue weighted by atomic mass is 10.0. The number of carboxylic acids is 1. The van der Waals surface area contributed by atoms with E-state index in [2.05, 4.69) is 4.98 Å². The van der Waals surface area contributed by atoms with Crippen LogP contribution in [0.5, 0.6) is 5.75 Å². The smallest absolute Gasteiger partial charge is 0.342 e. The van der Waals surface area contributed by atoms with E-state index in [0.717, 1.165) is 33.8 Å². The second-order valence-corrected chi connectivity index (χ2v) is 7.72. The normalized spacial score (nSPS) is 12.0. The number of aromatic nitrogens is 1. The molecule has 1 N–H and O–H groups in total. The van der Waals surface area contributed by atoms with Gasteiger partial charge in [0.25, 0.3) is 5.22 Å². The molecule has 1 heterocycles. The maximum absolute atomic E-state index is 11.9. The average Bonchev–Trinajstić information content (AvgIpc) is 3.11. The van der Waals surface area contributed by atoms with Crippen LogP contribution in [-0.4, -0.2) is 22.2 Å². The molecule has 1 aromatic heterocycles. The number of benzene rings is 3. The molecule has 0 saturated heterocycles. The average molecular weight is 405 g/mol. The SMILES string of the molecule is CC(C)Oc1ccc(/C=C(/Sc2nc3ccccc3o2)C(=O)O)c2ccccc12. The Hall–Kier alpha value is -3.25. The fraction of sp³-hybridized carbons (Fsp3) is 0.130. The lowest BCUT2D eigenvalue weighted by Crippen LogP contribution is -2.06. The zero-order chi connectivity index (χ0) is 20.4. The lowest BCUT2D eigenvalue weighted by Gasteiger charge is -2.14. The maximum atomic E-state index is 11.9. The van der Waals surface area contributed by atoms with E-state index in [9.17, 15) is 9.90 Å². The number of carbonyl (C=O) groups is 1. The largest absolute Gasteiger partial charge is 0.490 e. The van der Waals surface area contributed by atoms with Gasteiger partial charge in [-0.1, -0.05) is 42.5 Å². The van der Waals surface area contributed by atoms with E-state index < -0.39 is 5.97 Å². The van der Waals surface area contributed by atoms with E-state index in [1.54, 1.807) is 12.1 Å². The van der Waals surface area contributed by atoms with Crippen LogP contribution in [0.1, 0.15) is 19.4 Å². The molecule has 6 heteroatoms. The number of nitrogens with zero attached hydrogens (tertiary/aromatic N) is 1. The van der Waals surface area contributed by atoms with Gasteiger partial charge in [-0.15, -0.1) is 0 Å². The Morgan fingerprint density at radius 2 is 1.79 bits per heavy atom. The summed E-state index contributed by atoms with van der Waals surface area (Å²) < 4.78 is 11.6. The summed E-state index contributed by atoms with van der Waals surface area (Å²) >= 11 is 0.993. The first kappa shape index (κ1) is 19.1. The number of para-hydroxylation sites is 2. The van der Waals surface area contributed by atoms with Crippen LogP contribution in [0.15, 0.2) is 75.2 Å². The second kappa shape index (κ2) is 8.01. The van der Waals surface area contributed by atoms with Crippen LogP contribution in [0.3, 0.4) is 0 Å². The van der Waals surface area contributed by atoms with E-state index in [1.165, 1.54) is 0 Å². The third-order valence-electron chi connectivity index (χ3n) is 4.25. The van der Waals surface area contributed by atoms with Crippen molar-refractivity contribution >= 4 is 45.7 Å². The quantitative estimate of drug-likeness (QED) is 0.314. The molecule has 0 aliphatic carbocycles. The van der Waals surface area contributed by atoms with Crippen molar-refractivity contribution in [3.05, 3.63) is 71.1 Å². The van der Waals surface area contributed by atoms with Crippen LogP contribution in [-0.2, 0) is 4.79 Å². The predicted molar refractivity (Wildman–Crippen MR) is 115 cm³/mol. The second-order valence-electron chi connectivity index (χ2n) is 6.73. The van der Waals surface area contributed by atoms with Crippen LogP contribution in [0.4, 0.5) is 0 Å². The molecule has 0 spiro atoms. The number of hydrogen-bond acceptors (Lipinski definition) is 5. The van der Waals surface area contributed by atoms with Gasteiger partial charge in [0.15, 0.2) is 5.58 Å². The van der Waals surface area contributed by atoms with E-state index in [4.69, 9.17) is 9.15 Å². The van der Waals surface area contributed by atoms with E-state index in [1.807, 2.05) is 68.4 Å². The number of thioether (sulfide) groups is 1. The Morgan fingerprint density at radius 1 is 1.07 bits per heavy atom. The molecule has 0 saturated carbocycles. The molecule has 0 amide bonds. The molecular weight excluding hydrogens is 386 g/mol. The standard InChI is InChI=1S/C23H19NO4S/c1-14(2)27-19-12-11-15(16-7-3-4-8-17(16)19)13-21(22(25)26)29-23-24-18-9-5-6-10-20(18)28-23/h3-14H,1-2H3,(H,25,26)/b21-13+. The zero-order valence-electron chi connectivity index (χ0n) is 16.0. The van der Waals surface area contributed by atoms with E-state index in [-0.39, 0.29) is 11.0 Å². The molecule has 0 radical (unpaired) electrons. The number of fused-ring (bicyclic) bond motifs is 2. The molecule has 4 aromatic rings. The minimum Gasteiger partial charge on any atom is -0.490 e. The van der Waals surface area contributed by atoms with E-state index in [0.29, 0.717) is 16.3 Å². The number of aliphatic carboxylic acids is 1. The Bertz CT molecular complexity index is 1190. The van der Waals surface area contributed by atoms with Gasteiger partial charge in [0.05, 0.1) is 6.10 Å². The summed E-state index contributed by atoms with van der Waals surface area (Å²) in [5, 5.41) is 11.9. The molecule has 0 aliphatic rings. The first-order valence-electron chi connectivity index (χ1n) is 9.18. The van der Waals surface area contributed by atoms with Gasteiger partial charge in [0.1, 0.15) is 16.2 Å². The van der Waals surface area contributed by atoms with Gasteiger partial charge in [-0.05, 0) is 60.8 Å². The van der Waals surface area contributed by atoms with Crippen molar-refractivity contribution < 1.29 is 19.1 Å². The van der Waals surface area contributed by atoms with Crippen molar-refractivity contribution in [2.24, 2.45) is 0 Å². The summed E-state index contributed by atoms with van der Waals surface area (Å²) in [6.45, 7) is 3.95. The van der Waals surface area contributed by atoms with Crippen molar-refractivity contribution in [3.8, 4) is 5.75 Å². The van der Waals surface area contributed by atoms with E-state index >= 15 is 0 Å². The first-order valence-corrected chi connectivity index (χ1v) is 10.00. The fourth-order valence-electron chi connectivity index (χ4n) is 3.04. The van der Waals surface area contributed by atoms with Crippen LogP contribution in [0.2, 0.25) is 0 Å². The minimum atomic E-state index is -1.04. The highest BCUT2D eigenvalue weighted by Crippen LogP contribution is 2.34. The topological polar surface area (TPSA) is 72.6 Å². The molecule has 4 rings (SSSR count). The van der Waals surface area contributed by atoms with Crippen molar-refractivity contribution in [2.75, 3.05) is 0 Å². The Morgan fingerprint density at radius 3 is 2.52 bits per heavy atom. The fourth-order valence-corrected chi connectivity index (χ4v) is 3.78. The van der Waals surface area contributed by atoms with Crippen molar-refractivity contribution in [1.29, 1.82) is 0 Å². The van der Waals surface area contributed by atoms with Crippen molar-refractivity contribution in [1.82, 2.24) is 4.98 Å². The van der Waals surface area contributed by atoms with Crippen LogP contribution >= 0.6 is 11.8 Å². The molecule has 0 fully saturated rings. The van der Waals surface area contributed by atoms with Gasteiger partial charge in [-0.3, -0.25) is 0 Å². The predicted octanol–water partition coefficient (Wildman–Crippen LogP) is 5.99. The molecule has 3 aromatic carbocycles. The highest BCUT2D eigenvalue weighted by molar-refractivity contribution is 8.03. The van der Waals surface area contributed by atoms with Gasteiger partial charge in [-0.25, -0.2) is 9.78 Å². The third-order valence-corrected chi connectivity index (χ3v) is 5.11. The zero-order valence-corrected chi connectivity index (χ0v) is 16.8. The number of rotatable bonds is 6. The molecular formula is C23H19NO4S. The summed E-state index contributed by atoms with van der Waals surface area (Å²) in [5.41, 5.74) is 2.11. The minimum absolute atomic E-state index is 0.0455. The van der Waals surface area contributed by atoms with Crippen LogP contribution < -0.4 is 4.74 Å². The van der Waals surface area contributed by atoms with Gasteiger partial charge in [0, 0.05) is 5.39 Å². The summed E-state index contributed by atoms with van der Waals surface area (Å²) in [6, 6.07) is 18.9. The van der Waals surface area contributed by atoms with Crippen LogP contribution in [0.25, 0.3) is 27.9 Å². The monoisotopic (exact) mass is 405 g/mol. The third kappa shape index (κ3) is 4.12. The first-order chi connectivity index (χ1) is 14.0. The summed E-state index contributed by atoms with van der Waals surface area (Å²) in [7, 11) is 0. The van der Waals surface area contributed by atoms with Crippen LogP contribution in [0, 0.1) is 0 Å². The van der Waals surface area contributed by atoms with Gasteiger partial charge in [-0.2, -0.15) is 0 Å². The number of hydrogen-bond donors (Lipinski definition) is 1. The number of carboxylic acid groups (broad SMARTS) is 1. The Labute approximate surface area is 172 Å². The van der Waals surface area contributed by atoms with Crippen molar-refractivity contribution in [3.63, 3.8) is 0 Å². The number of ether oxygens (including phenoxy) is 1. The highest BCUT2D eigenvalue weighted by Gasteiger charge is 2.16. The Balaban J connectivity index is 1.75.